The number of rotatable bonds is 2. The fourth-order valence-electron chi connectivity index (χ4n) is 2.11. The average molecular weight is 297 g/mol. The molecule has 1 aliphatic heterocycles. The van der Waals surface area contributed by atoms with Crippen molar-refractivity contribution in [2.45, 2.75) is 38.7 Å². The Balaban J connectivity index is 2.06. The highest BCUT2D eigenvalue weighted by Crippen LogP contribution is 2.27. The van der Waals surface area contributed by atoms with Gasteiger partial charge in [-0.05, 0) is 14.0 Å². The van der Waals surface area contributed by atoms with Gasteiger partial charge in [-0.25, -0.2) is 4.98 Å². The summed E-state index contributed by atoms with van der Waals surface area (Å²) < 4.78 is 5.67. The molecule has 1 saturated heterocycles. The highest BCUT2D eigenvalue weighted by atomic mass is 32.1. The Morgan fingerprint density at radius 2 is 2.25 bits per heavy atom. The number of likely N-dealkylation sites (N-methyl/N-ethyl adjacent to an activating group) is 1. The predicted molar refractivity (Wildman–Crippen MR) is 81.3 cm³/mol. The zero-order chi connectivity index (χ0) is 15.0. The lowest BCUT2D eigenvalue weighted by Crippen LogP contribution is -2.55. The lowest BCUT2D eigenvalue weighted by atomic mass is 9.93. The smallest absolute Gasteiger partial charge is 0.259 e. The number of nitrogens with one attached hydrogen (secondary N) is 1. The summed E-state index contributed by atoms with van der Waals surface area (Å²) >= 11 is 1.46. The van der Waals surface area contributed by atoms with Crippen molar-refractivity contribution in [1.82, 2.24) is 9.88 Å². The van der Waals surface area contributed by atoms with Gasteiger partial charge < -0.3 is 9.64 Å². The van der Waals surface area contributed by atoms with E-state index in [-0.39, 0.29) is 11.3 Å². The van der Waals surface area contributed by atoms with Crippen LogP contribution in [-0.4, -0.2) is 48.1 Å². The Labute approximate surface area is 124 Å². The number of anilines is 1. The molecule has 1 atom stereocenters. The fraction of sp³-hybridized carbons (Fsp3) is 0.714. The minimum Gasteiger partial charge on any atom is -0.363 e. The maximum Gasteiger partial charge on any atom is 0.259 e. The van der Waals surface area contributed by atoms with Gasteiger partial charge in [0.1, 0.15) is 0 Å². The molecule has 0 bridgehead atoms. The SMILES string of the molecule is CN1CCO[C@](C)(C(=O)Nc2nc(C(C)(C)C)cs2)C1. The van der Waals surface area contributed by atoms with E-state index in [1.54, 1.807) is 0 Å². The maximum atomic E-state index is 12.4. The summed E-state index contributed by atoms with van der Waals surface area (Å²) in [6, 6.07) is 0. The molecule has 5 nitrogen and oxygen atoms in total. The summed E-state index contributed by atoms with van der Waals surface area (Å²) in [5, 5.41) is 5.51. The van der Waals surface area contributed by atoms with Crippen LogP contribution >= 0.6 is 11.3 Å². The van der Waals surface area contributed by atoms with Gasteiger partial charge >= 0.3 is 0 Å². The van der Waals surface area contributed by atoms with Crippen molar-refractivity contribution >= 4 is 22.4 Å². The largest absolute Gasteiger partial charge is 0.363 e. The van der Waals surface area contributed by atoms with Crippen LogP contribution in [0.3, 0.4) is 0 Å². The second-order valence-corrected chi connectivity index (χ2v) is 7.42. The van der Waals surface area contributed by atoms with Crippen molar-refractivity contribution in [3.8, 4) is 0 Å². The van der Waals surface area contributed by atoms with Gasteiger partial charge in [0.2, 0.25) is 0 Å². The van der Waals surface area contributed by atoms with Gasteiger partial charge in [-0.15, -0.1) is 11.3 Å². The summed E-state index contributed by atoms with van der Waals surface area (Å²) in [6.45, 7) is 10.2. The Bertz CT molecular complexity index is 495. The third-order valence-corrected chi connectivity index (χ3v) is 4.20. The molecule has 0 spiro atoms. The van der Waals surface area contributed by atoms with Crippen LogP contribution in [0.25, 0.3) is 0 Å². The van der Waals surface area contributed by atoms with Gasteiger partial charge in [0.15, 0.2) is 10.7 Å². The van der Waals surface area contributed by atoms with Crippen LogP contribution in [0.4, 0.5) is 5.13 Å². The molecule has 2 rings (SSSR count). The van der Waals surface area contributed by atoms with Gasteiger partial charge in [-0.2, -0.15) is 0 Å². The Morgan fingerprint density at radius 3 is 2.80 bits per heavy atom. The minimum absolute atomic E-state index is 0.00899. The number of morpholine rings is 1. The summed E-state index contributed by atoms with van der Waals surface area (Å²) in [5.41, 5.74) is 0.176. The second-order valence-electron chi connectivity index (χ2n) is 6.56. The molecule has 1 aliphatic rings. The number of hydrogen-bond acceptors (Lipinski definition) is 5. The third-order valence-electron chi connectivity index (χ3n) is 3.44. The zero-order valence-corrected chi connectivity index (χ0v) is 13.6. The van der Waals surface area contributed by atoms with E-state index in [0.29, 0.717) is 18.3 Å². The molecule has 1 amide bonds. The molecule has 20 heavy (non-hydrogen) atoms. The molecule has 112 valence electrons. The molecule has 0 saturated carbocycles. The average Bonchev–Trinajstić information content (AvgIpc) is 2.76. The molecular weight excluding hydrogens is 274 g/mol. The Kier molecular flexibility index (Phi) is 4.18. The number of carbonyl (C=O) groups is 1. The van der Waals surface area contributed by atoms with E-state index >= 15 is 0 Å². The fourth-order valence-corrected chi connectivity index (χ4v) is 3.04. The summed E-state index contributed by atoms with van der Waals surface area (Å²) in [4.78, 5) is 19.0. The normalized spacial score (nSPS) is 24.6. The quantitative estimate of drug-likeness (QED) is 0.908. The molecule has 1 aromatic heterocycles. The summed E-state index contributed by atoms with van der Waals surface area (Å²) in [6.07, 6.45) is 0. The van der Waals surface area contributed by atoms with Gasteiger partial charge in [0, 0.05) is 23.9 Å². The maximum absolute atomic E-state index is 12.4. The zero-order valence-electron chi connectivity index (χ0n) is 12.8. The number of amides is 1. The first-order valence-electron chi connectivity index (χ1n) is 6.81. The molecule has 0 unspecified atom stereocenters. The standard InChI is InChI=1S/C14H23N3O2S/c1-13(2,3)10-8-20-12(15-10)16-11(18)14(4)9-17(5)6-7-19-14/h8H,6-7,9H2,1-5H3,(H,15,16,18)/t14-/m0/s1. The van der Waals surface area contributed by atoms with Crippen LogP contribution in [-0.2, 0) is 14.9 Å². The molecule has 1 N–H and O–H groups in total. The third kappa shape index (κ3) is 3.37. The number of nitrogens with zero attached hydrogens (tertiary/aromatic N) is 2. The topological polar surface area (TPSA) is 54.5 Å². The van der Waals surface area contributed by atoms with E-state index in [0.717, 1.165) is 12.2 Å². The van der Waals surface area contributed by atoms with Gasteiger partial charge in [0.25, 0.3) is 5.91 Å². The number of hydrogen-bond donors (Lipinski definition) is 1. The van der Waals surface area contributed by atoms with E-state index in [9.17, 15) is 4.79 Å². The van der Waals surface area contributed by atoms with E-state index in [2.05, 4.69) is 36.0 Å². The van der Waals surface area contributed by atoms with E-state index in [1.807, 2.05) is 19.4 Å². The van der Waals surface area contributed by atoms with Crippen molar-refractivity contribution in [2.75, 3.05) is 32.1 Å². The van der Waals surface area contributed by atoms with Gasteiger partial charge in [-0.3, -0.25) is 10.1 Å². The number of aromatic nitrogens is 1. The van der Waals surface area contributed by atoms with E-state index in [4.69, 9.17) is 4.74 Å². The van der Waals surface area contributed by atoms with Gasteiger partial charge in [0.05, 0.1) is 12.3 Å². The van der Waals surface area contributed by atoms with Crippen LogP contribution in [0.1, 0.15) is 33.4 Å². The predicted octanol–water partition coefficient (Wildman–Crippen LogP) is 2.10. The lowest BCUT2D eigenvalue weighted by molar-refractivity contribution is -0.149. The van der Waals surface area contributed by atoms with Crippen molar-refractivity contribution < 1.29 is 9.53 Å². The number of carbonyl (C=O) groups excluding carboxylic acids is 1. The summed E-state index contributed by atoms with van der Waals surface area (Å²) in [7, 11) is 2.00. The molecule has 0 aromatic carbocycles. The lowest BCUT2D eigenvalue weighted by Gasteiger charge is -2.37. The Hall–Kier alpha value is -0.980. The highest BCUT2D eigenvalue weighted by molar-refractivity contribution is 7.14. The van der Waals surface area contributed by atoms with Crippen LogP contribution in [0, 0.1) is 0 Å². The first-order valence-corrected chi connectivity index (χ1v) is 7.69. The molecule has 1 aromatic rings. The van der Waals surface area contributed by atoms with Gasteiger partial charge in [-0.1, -0.05) is 20.8 Å². The van der Waals surface area contributed by atoms with Crippen molar-refractivity contribution in [3.63, 3.8) is 0 Å². The first-order chi connectivity index (χ1) is 9.21. The minimum atomic E-state index is -0.805. The molecule has 0 radical (unpaired) electrons. The van der Waals surface area contributed by atoms with Crippen LogP contribution in [0.5, 0.6) is 0 Å². The van der Waals surface area contributed by atoms with E-state index < -0.39 is 5.60 Å². The molecule has 6 heteroatoms. The van der Waals surface area contributed by atoms with Crippen molar-refractivity contribution in [1.29, 1.82) is 0 Å². The molecule has 2 heterocycles. The monoisotopic (exact) mass is 297 g/mol. The van der Waals surface area contributed by atoms with E-state index in [1.165, 1.54) is 11.3 Å². The van der Waals surface area contributed by atoms with Crippen molar-refractivity contribution in [2.24, 2.45) is 0 Å². The van der Waals surface area contributed by atoms with Crippen molar-refractivity contribution in [3.05, 3.63) is 11.1 Å². The second kappa shape index (κ2) is 5.42. The Morgan fingerprint density at radius 1 is 1.55 bits per heavy atom. The van der Waals surface area contributed by atoms with Crippen LogP contribution in [0.15, 0.2) is 5.38 Å². The number of thiazole rings is 1. The number of ether oxygens (including phenoxy) is 1. The van der Waals surface area contributed by atoms with Crippen LogP contribution < -0.4 is 5.32 Å². The highest BCUT2D eigenvalue weighted by Gasteiger charge is 2.38. The molecular formula is C14H23N3O2S. The molecule has 0 aliphatic carbocycles. The van der Waals surface area contributed by atoms with Crippen LogP contribution in [0.2, 0.25) is 0 Å². The summed E-state index contributed by atoms with van der Waals surface area (Å²) in [5.74, 6) is -0.126. The first kappa shape index (κ1) is 15.4. The molecule has 1 fully saturated rings.